The van der Waals surface area contributed by atoms with E-state index in [0.717, 1.165) is 18.9 Å². The van der Waals surface area contributed by atoms with Crippen LogP contribution in [0.4, 0.5) is 11.5 Å². The first-order valence-corrected chi connectivity index (χ1v) is 5.61. The summed E-state index contributed by atoms with van der Waals surface area (Å²) in [5.41, 5.74) is 6.23. The molecule has 1 fully saturated rings. The van der Waals surface area contributed by atoms with E-state index in [1.807, 2.05) is 0 Å². The van der Waals surface area contributed by atoms with Gasteiger partial charge in [-0.3, -0.25) is 0 Å². The topological polar surface area (TPSA) is 42.2 Å². The zero-order chi connectivity index (χ0) is 11.0. The highest BCUT2D eigenvalue weighted by Crippen LogP contribution is 2.31. The fourth-order valence-corrected chi connectivity index (χ4v) is 2.28. The molecule has 82 valence electrons. The van der Waals surface area contributed by atoms with Crippen LogP contribution < -0.4 is 10.6 Å². The van der Waals surface area contributed by atoms with E-state index in [1.54, 1.807) is 12.3 Å². The van der Waals surface area contributed by atoms with Gasteiger partial charge in [0.25, 0.3) is 0 Å². The number of aromatic nitrogens is 1. The standard InChI is InChI=1S/C11H16ClN3/c1-7-5-15(6-8(7)2)11-10(12)3-9(13)4-14-11/h3-4,7-8H,5-6,13H2,1-2H3. The Hall–Kier alpha value is -0.960. The lowest BCUT2D eigenvalue weighted by Gasteiger charge is -2.18. The zero-order valence-electron chi connectivity index (χ0n) is 9.07. The molecule has 2 heterocycles. The summed E-state index contributed by atoms with van der Waals surface area (Å²) in [4.78, 5) is 6.53. The average molecular weight is 226 g/mol. The number of nitrogen functional groups attached to an aromatic ring is 1. The third kappa shape index (κ3) is 2.02. The number of nitrogens with zero attached hydrogens (tertiary/aromatic N) is 2. The molecule has 1 aliphatic heterocycles. The summed E-state index contributed by atoms with van der Waals surface area (Å²) in [6, 6.07) is 1.76. The van der Waals surface area contributed by atoms with Gasteiger partial charge in [0.05, 0.1) is 16.9 Å². The van der Waals surface area contributed by atoms with E-state index >= 15 is 0 Å². The smallest absolute Gasteiger partial charge is 0.147 e. The van der Waals surface area contributed by atoms with Crippen molar-refractivity contribution in [3.8, 4) is 0 Å². The summed E-state index contributed by atoms with van der Waals surface area (Å²) in [5, 5.41) is 0.649. The normalized spacial score (nSPS) is 25.9. The first-order valence-electron chi connectivity index (χ1n) is 5.24. The Bertz CT molecular complexity index is 357. The second-order valence-electron chi connectivity index (χ2n) is 4.43. The van der Waals surface area contributed by atoms with E-state index < -0.39 is 0 Å². The highest BCUT2D eigenvalue weighted by molar-refractivity contribution is 6.33. The van der Waals surface area contributed by atoms with Crippen LogP contribution >= 0.6 is 11.6 Å². The maximum absolute atomic E-state index is 6.12. The number of nitrogens with two attached hydrogens (primary N) is 1. The Morgan fingerprint density at radius 1 is 1.40 bits per heavy atom. The quantitative estimate of drug-likeness (QED) is 0.798. The van der Waals surface area contributed by atoms with Crippen molar-refractivity contribution in [1.29, 1.82) is 0 Å². The van der Waals surface area contributed by atoms with Gasteiger partial charge in [0, 0.05) is 13.1 Å². The summed E-state index contributed by atoms with van der Waals surface area (Å²) < 4.78 is 0. The molecule has 0 saturated carbocycles. The molecule has 0 radical (unpaired) electrons. The molecule has 2 unspecified atom stereocenters. The van der Waals surface area contributed by atoms with Gasteiger partial charge in [0.1, 0.15) is 5.82 Å². The highest BCUT2D eigenvalue weighted by atomic mass is 35.5. The summed E-state index contributed by atoms with van der Waals surface area (Å²) in [5.74, 6) is 2.25. The molecule has 4 heteroatoms. The zero-order valence-corrected chi connectivity index (χ0v) is 9.83. The molecule has 1 aliphatic rings. The number of hydrogen-bond donors (Lipinski definition) is 1. The van der Waals surface area contributed by atoms with Gasteiger partial charge < -0.3 is 10.6 Å². The third-order valence-electron chi connectivity index (χ3n) is 3.13. The Balaban J connectivity index is 2.24. The molecule has 2 atom stereocenters. The van der Waals surface area contributed by atoms with Gasteiger partial charge >= 0.3 is 0 Å². The van der Waals surface area contributed by atoms with Gasteiger partial charge in [0.15, 0.2) is 0 Å². The maximum Gasteiger partial charge on any atom is 0.147 e. The van der Waals surface area contributed by atoms with Crippen molar-refractivity contribution in [2.24, 2.45) is 11.8 Å². The number of pyridine rings is 1. The van der Waals surface area contributed by atoms with E-state index in [2.05, 4.69) is 23.7 Å². The van der Waals surface area contributed by atoms with Crippen LogP contribution in [0.15, 0.2) is 12.3 Å². The van der Waals surface area contributed by atoms with Crippen molar-refractivity contribution < 1.29 is 0 Å². The first-order chi connectivity index (χ1) is 7.08. The van der Waals surface area contributed by atoms with Gasteiger partial charge in [-0.15, -0.1) is 0 Å². The first kappa shape index (κ1) is 10.6. The van der Waals surface area contributed by atoms with Crippen molar-refractivity contribution in [2.75, 3.05) is 23.7 Å². The van der Waals surface area contributed by atoms with Crippen molar-refractivity contribution in [2.45, 2.75) is 13.8 Å². The Kier molecular flexibility index (Phi) is 2.74. The molecule has 15 heavy (non-hydrogen) atoms. The second-order valence-corrected chi connectivity index (χ2v) is 4.84. The minimum atomic E-state index is 0.615. The fraction of sp³-hybridized carbons (Fsp3) is 0.545. The van der Waals surface area contributed by atoms with Gasteiger partial charge in [-0.1, -0.05) is 25.4 Å². The number of anilines is 2. The van der Waals surface area contributed by atoms with E-state index in [1.165, 1.54) is 0 Å². The lowest BCUT2D eigenvalue weighted by atomic mass is 10.0. The van der Waals surface area contributed by atoms with Crippen LogP contribution in [0.2, 0.25) is 5.02 Å². The van der Waals surface area contributed by atoms with E-state index in [0.29, 0.717) is 22.5 Å². The van der Waals surface area contributed by atoms with Crippen LogP contribution in [-0.2, 0) is 0 Å². The molecule has 1 saturated heterocycles. The van der Waals surface area contributed by atoms with Crippen molar-refractivity contribution in [3.63, 3.8) is 0 Å². The van der Waals surface area contributed by atoms with E-state index in [9.17, 15) is 0 Å². The Labute approximate surface area is 95.2 Å². The molecule has 0 aliphatic carbocycles. The van der Waals surface area contributed by atoms with Crippen LogP contribution in [-0.4, -0.2) is 18.1 Å². The largest absolute Gasteiger partial charge is 0.397 e. The number of rotatable bonds is 1. The van der Waals surface area contributed by atoms with Crippen LogP contribution in [0.5, 0.6) is 0 Å². The monoisotopic (exact) mass is 225 g/mol. The molecule has 1 aromatic rings. The minimum absolute atomic E-state index is 0.615. The van der Waals surface area contributed by atoms with Crippen molar-refractivity contribution >= 4 is 23.1 Å². The number of halogens is 1. The summed E-state index contributed by atoms with van der Waals surface area (Å²) >= 11 is 6.12. The summed E-state index contributed by atoms with van der Waals surface area (Å²) in [6.07, 6.45) is 1.66. The average Bonchev–Trinajstić information content (AvgIpc) is 2.46. The van der Waals surface area contributed by atoms with E-state index in [4.69, 9.17) is 17.3 Å². The van der Waals surface area contributed by atoms with E-state index in [-0.39, 0.29) is 0 Å². The third-order valence-corrected chi connectivity index (χ3v) is 3.41. The predicted molar refractivity (Wildman–Crippen MR) is 64.2 cm³/mol. The lowest BCUT2D eigenvalue weighted by molar-refractivity contribution is 0.494. The molecular weight excluding hydrogens is 210 g/mol. The van der Waals surface area contributed by atoms with Crippen LogP contribution in [0, 0.1) is 11.8 Å². The molecule has 0 amide bonds. The van der Waals surface area contributed by atoms with Crippen molar-refractivity contribution in [3.05, 3.63) is 17.3 Å². The summed E-state index contributed by atoms with van der Waals surface area (Å²) in [6.45, 7) is 6.57. The summed E-state index contributed by atoms with van der Waals surface area (Å²) in [7, 11) is 0. The molecule has 3 nitrogen and oxygen atoms in total. The SMILES string of the molecule is CC1CN(c2ncc(N)cc2Cl)CC1C. The Morgan fingerprint density at radius 3 is 2.53 bits per heavy atom. The van der Waals surface area contributed by atoms with Crippen LogP contribution in [0.1, 0.15) is 13.8 Å². The fourth-order valence-electron chi connectivity index (χ4n) is 1.98. The lowest BCUT2D eigenvalue weighted by Crippen LogP contribution is -2.21. The van der Waals surface area contributed by atoms with Gasteiger partial charge in [-0.2, -0.15) is 0 Å². The number of hydrogen-bond acceptors (Lipinski definition) is 3. The maximum atomic E-state index is 6.12. The molecule has 0 aromatic carbocycles. The predicted octanol–water partition coefficient (Wildman–Crippen LogP) is 2.41. The minimum Gasteiger partial charge on any atom is -0.397 e. The Morgan fingerprint density at radius 2 is 2.00 bits per heavy atom. The van der Waals surface area contributed by atoms with Gasteiger partial charge in [-0.05, 0) is 17.9 Å². The molecule has 1 aromatic heterocycles. The molecular formula is C11H16ClN3. The molecule has 0 spiro atoms. The van der Waals surface area contributed by atoms with Gasteiger partial charge in [0.2, 0.25) is 0 Å². The highest BCUT2D eigenvalue weighted by Gasteiger charge is 2.27. The van der Waals surface area contributed by atoms with Crippen molar-refractivity contribution in [1.82, 2.24) is 4.98 Å². The molecule has 2 rings (SSSR count). The van der Waals surface area contributed by atoms with Gasteiger partial charge in [-0.25, -0.2) is 4.98 Å². The van der Waals surface area contributed by atoms with Crippen LogP contribution in [0.3, 0.4) is 0 Å². The molecule has 2 N–H and O–H groups in total. The second kappa shape index (κ2) is 3.89. The van der Waals surface area contributed by atoms with Crippen LogP contribution in [0.25, 0.3) is 0 Å². The molecule has 0 bridgehead atoms.